The zero-order valence-electron chi connectivity index (χ0n) is 8.36. The summed E-state index contributed by atoms with van der Waals surface area (Å²) in [6.07, 6.45) is -4.01. The van der Waals surface area contributed by atoms with E-state index >= 15 is 0 Å². The van der Waals surface area contributed by atoms with Gasteiger partial charge in [0, 0.05) is 0 Å². The number of benzene rings is 1. The van der Waals surface area contributed by atoms with Crippen molar-refractivity contribution in [3.63, 3.8) is 0 Å². The minimum atomic E-state index is -4.37. The van der Waals surface area contributed by atoms with Gasteiger partial charge in [0.15, 0.2) is 0 Å². The Hall–Kier alpha value is -1.03. The maximum Gasteiger partial charge on any atom is 0.410 e. The Bertz CT molecular complexity index is 397. The molecule has 0 bridgehead atoms. The lowest BCUT2D eigenvalue weighted by molar-refractivity contribution is -0.188. The standard InChI is InChI=1S/C11H12F3N/c1-7-2-3-8-4-5-10(15,9(8)6-7)11(12,13)14/h2-3,6H,4-5,15H2,1H3. The topological polar surface area (TPSA) is 26.0 Å². The molecule has 0 heterocycles. The average Bonchev–Trinajstić information content (AvgIpc) is 2.44. The van der Waals surface area contributed by atoms with Gasteiger partial charge in [-0.15, -0.1) is 0 Å². The van der Waals surface area contributed by atoms with E-state index in [2.05, 4.69) is 0 Å². The van der Waals surface area contributed by atoms with E-state index in [0.29, 0.717) is 6.42 Å². The largest absolute Gasteiger partial charge is 0.410 e. The second-order valence-electron chi connectivity index (χ2n) is 4.13. The number of hydrogen-bond acceptors (Lipinski definition) is 1. The lowest BCUT2D eigenvalue weighted by atomic mass is 9.91. The summed E-state index contributed by atoms with van der Waals surface area (Å²) in [5.74, 6) is 0. The van der Waals surface area contributed by atoms with E-state index in [-0.39, 0.29) is 12.0 Å². The maximum absolute atomic E-state index is 12.8. The van der Waals surface area contributed by atoms with Crippen molar-refractivity contribution in [3.8, 4) is 0 Å². The van der Waals surface area contributed by atoms with Crippen molar-refractivity contribution < 1.29 is 13.2 Å². The van der Waals surface area contributed by atoms with Crippen LogP contribution in [0.5, 0.6) is 0 Å². The first-order valence-electron chi connectivity index (χ1n) is 4.80. The molecule has 0 radical (unpaired) electrons. The van der Waals surface area contributed by atoms with Gasteiger partial charge in [0.2, 0.25) is 0 Å². The second-order valence-corrected chi connectivity index (χ2v) is 4.13. The highest BCUT2D eigenvalue weighted by molar-refractivity contribution is 5.42. The van der Waals surface area contributed by atoms with Crippen molar-refractivity contribution in [2.75, 3.05) is 0 Å². The Kier molecular flexibility index (Phi) is 2.08. The number of halogens is 3. The van der Waals surface area contributed by atoms with Gasteiger partial charge in [0.05, 0.1) is 0 Å². The summed E-state index contributed by atoms with van der Waals surface area (Å²) in [6, 6.07) is 5.11. The number of aryl methyl sites for hydroxylation is 2. The highest BCUT2D eigenvalue weighted by Crippen LogP contribution is 2.46. The van der Waals surface area contributed by atoms with Gasteiger partial charge in [-0.3, -0.25) is 0 Å². The molecule has 0 aromatic heterocycles. The molecule has 82 valence electrons. The quantitative estimate of drug-likeness (QED) is 0.707. The molecule has 2 N–H and O–H groups in total. The van der Waals surface area contributed by atoms with E-state index in [1.54, 1.807) is 19.1 Å². The third-order valence-electron chi connectivity index (χ3n) is 3.04. The van der Waals surface area contributed by atoms with Gasteiger partial charge in [0.25, 0.3) is 0 Å². The predicted molar refractivity (Wildman–Crippen MR) is 51.4 cm³/mol. The summed E-state index contributed by atoms with van der Waals surface area (Å²) in [4.78, 5) is 0. The van der Waals surface area contributed by atoms with Crippen molar-refractivity contribution in [2.45, 2.75) is 31.5 Å². The van der Waals surface area contributed by atoms with Crippen molar-refractivity contribution in [1.82, 2.24) is 0 Å². The van der Waals surface area contributed by atoms with Crippen molar-refractivity contribution in [2.24, 2.45) is 5.73 Å². The number of hydrogen-bond donors (Lipinski definition) is 1. The molecule has 0 fully saturated rings. The monoisotopic (exact) mass is 215 g/mol. The molecule has 1 nitrogen and oxygen atoms in total. The number of fused-ring (bicyclic) bond motifs is 1. The first kappa shape index (κ1) is 10.5. The smallest absolute Gasteiger partial charge is 0.314 e. The fourth-order valence-corrected chi connectivity index (χ4v) is 2.08. The van der Waals surface area contributed by atoms with Gasteiger partial charge in [0.1, 0.15) is 5.54 Å². The van der Waals surface area contributed by atoms with Crippen LogP contribution >= 0.6 is 0 Å². The molecule has 2 rings (SSSR count). The number of nitrogens with two attached hydrogens (primary N) is 1. The van der Waals surface area contributed by atoms with Gasteiger partial charge < -0.3 is 5.73 Å². The van der Waals surface area contributed by atoms with Gasteiger partial charge in [-0.1, -0.05) is 23.8 Å². The fraction of sp³-hybridized carbons (Fsp3) is 0.455. The van der Waals surface area contributed by atoms with Crippen LogP contribution in [0.4, 0.5) is 13.2 Å². The predicted octanol–water partition coefficient (Wildman–Crippen LogP) is 2.66. The van der Waals surface area contributed by atoms with Crippen LogP contribution in [0.15, 0.2) is 18.2 Å². The Balaban J connectivity index is 2.56. The second kappa shape index (κ2) is 2.98. The Morgan fingerprint density at radius 3 is 2.60 bits per heavy atom. The third-order valence-corrected chi connectivity index (χ3v) is 3.04. The molecule has 1 aromatic carbocycles. The van der Waals surface area contributed by atoms with Crippen LogP contribution in [0, 0.1) is 6.92 Å². The Morgan fingerprint density at radius 2 is 2.00 bits per heavy atom. The molecule has 0 saturated carbocycles. The van der Waals surface area contributed by atoms with Crippen LogP contribution in [0.3, 0.4) is 0 Å². The Morgan fingerprint density at radius 1 is 1.33 bits per heavy atom. The molecular weight excluding hydrogens is 203 g/mol. The van der Waals surface area contributed by atoms with Gasteiger partial charge >= 0.3 is 6.18 Å². The van der Waals surface area contributed by atoms with Crippen molar-refractivity contribution in [3.05, 3.63) is 34.9 Å². The molecule has 0 saturated heterocycles. The zero-order chi connectivity index (χ0) is 11.3. The molecule has 0 spiro atoms. The van der Waals surface area contributed by atoms with E-state index < -0.39 is 11.7 Å². The normalized spacial score (nSPS) is 25.4. The van der Waals surface area contributed by atoms with Crippen LogP contribution in [0.2, 0.25) is 0 Å². The third kappa shape index (κ3) is 1.44. The maximum atomic E-state index is 12.8. The summed E-state index contributed by atoms with van der Waals surface area (Å²) in [5.41, 5.74) is 5.13. The van der Waals surface area contributed by atoms with Crippen LogP contribution in [-0.4, -0.2) is 6.18 Å². The minimum absolute atomic E-state index is 0.0463. The summed E-state index contributed by atoms with van der Waals surface area (Å²) in [7, 11) is 0. The van der Waals surface area contributed by atoms with Crippen LogP contribution in [0.1, 0.15) is 23.1 Å². The summed E-state index contributed by atoms with van der Waals surface area (Å²) < 4.78 is 38.5. The summed E-state index contributed by atoms with van der Waals surface area (Å²) >= 11 is 0. The average molecular weight is 215 g/mol. The van der Waals surface area contributed by atoms with Crippen LogP contribution in [-0.2, 0) is 12.0 Å². The molecule has 0 aliphatic heterocycles. The Labute approximate surface area is 86.1 Å². The van der Waals surface area contributed by atoms with E-state index in [1.807, 2.05) is 6.07 Å². The summed E-state index contributed by atoms with van der Waals surface area (Å²) in [6.45, 7) is 1.77. The van der Waals surface area contributed by atoms with Crippen molar-refractivity contribution in [1.29, 1.82) is 0 Å². The fourth-order valence-electron chi connectivity index (χ4n) is 2.08. The van der Waals surface area contributed by atoms with Gasteiger partial charge in [-0.25, -0.2) is 0 Å². The molecule has 0 amide bonds. The SMILES string of the molecule is Cc1ccc2c(c1)C(N)(C(F)(F)F)CC2. The van der Waals surface area contributed by atoms with E-state index in [0.717, 1.165) is 11.1 Å². The molecule has 1 unspecified atom stereocenters. The van der Waals surface area contributed by atoms with E-state index in [4.69, 9.17) is 5.73 Å². The highest BCUT2D eigenvalue weighted by Gasteiger charge is 2.55. The lowest BCUT2D eigenvalue weighted by Crippen LogP contribution is -2.48. The van der Waals surface area contributed by atoms with E-state index in [9.17, 15) is 13.2 Å². The molecule has 4 heteroatoms. The number of alkyl halides is 3. The first-order valence-corrected chi connectivity index (χ1v) is 4.80. The molecule has 1 atom stereocenters. The van der Waals surface area contributed by atoms with Gasteiger partial charge in [-0.05, 0) is 30.9 Å². The van der Waals surface area contributed by atoms with Gasteiger partial charge in [-0.2, -0.15) is 13.2 Å². The van der Waals surface area contributed by atoms with Crippen molar-refractivity contribution >= 4 is 0 Å². The summed E-state index contributed by atoms with van der Waals surface area (Å²) in [5, 5.41) is 0. The number of rotatable bonds is 0. The first-order chi connectivity index (χ1) is 6.84. The zero-order valence-corrected chi connectivity index (χ0v) is 8.36. The molecule has 1 aromatic rings. The molecule has 1 aliphatic carbocycles. The van der Waals surface area contributed by atoms with Crippen LogP contribution < -0.4 is 5.73 Å². The van der Waals surface area contributed by atoms with E-state index in [1.165, 1.54) is 0 Å². The van der Waals surface area contributed by atoms with Crippen LogP contribution in [0.25, 0.3) is 0 Å². The lowest BCUT2D eigenvalue weighted by Gasteiger charge is -2.28. The highest BCUT2D eigenvalue weighted by atomic mass is 19.4. The minimum Gasteiger partial charge on any atom is -0.314 e. The molecule has 15 heavy (non-hydrogen) atoms. The molecule has 1 aliphatic rings. The molecular formula is C11H12F3N.